The Bertz CT molecular complexity index is 287. The van der Waals surface area contributed by atoms with Crippen molar-refractivity contribution in [3.05, 3.63) is 29.8 Å². The summed E-state index contributed by atoms with van der Waals surface area (Å²) in [7, 11) is 0. The van der Waals surface area contributed by atoms with Crippen LogP contribution in [-0.2, 0) is 0 Å². The summed E-state index contributed by atoms with van der Waals surface area (Å²) < 4.78 is 29.2. The molecular weight excluding hydrogens is 178 g/mol. The predicted octanol–water partition coefficient (Wildman–Crippen LogP) is 1.96. The van der Waals surface area contributed by atoms with Crippen LogP contribution in [0.4, 0.5) is 8.78 Å². The Morgan fingerprint density at radius 1 is 1.46 bits per heavy atom. The maximum absolute atomic E-state index is 12.5. The second-order valence-corrected chi connectivity index (χ2v) is 2.71. The minimum Gasteiger partial charge on any atom is -0.431 e. The van der Waals surface area contributed by atoms with Crippen molar-refractivity contribution in [2.24, 2.45) is 0 Å². The molecule has 0 amide bonds. The first-order chi connectivity index (χ1) is 6.03. The molecule has 0 spiro atoms. The molecule has 0 heterocycles. The number of hydrogen-bond donors (Lipinski definition) is 1. The summed E-state index contributed by atoms with van der Waals surface area (Å²) in [5.74, 6) is 0.0547. The van der Waals surface area contributed by atoms with Crippen LogP contribution in [0.5, 0.6) is 5.75 Å². The second-order valence-electron chi connectivity index (χ2n) is 2.71. The van der Waals surface area contributed by atoms with Gasteiger partial charge in [-0.15, -0.1) is 0 Å². The molecule has 1 rings (SSSR count). The zero-order valence-electron chi connectivity index (χ0n) is 7.13. The van der Waals surface area contributed by atoms with Crippen molar-refractivity contribution in [3.8, 4) is 5.75 Å². The van der Waals surface area contributed by atoms with Gasteiger partial charge in [-0.2, -0.15) is 8.78 Å². The molecule has 0 unspecified atom stereocenters. The van der Waals surface area contributed by atoms with E-state index in [2.05, 4.69) is 4.74 Å². The number of halogens is 2. The summed E-state index contributed by atoms with van der Waals surface area (Å²) >= 11 is 0. The van der Waals surface area contributed by atoms with E-state index in [9.17, 15) is 8.78 Å². The molecule has 0 aliphatic carbocycles. The SMILES string of the molecule is Cc1cccc(OC(F)(F)CO)c1. The summed E-state index contributed by atoms with van der Waals surface area (Å²) in [6.45, 7) is 0.449. The molecule has 13 heavy (non-hydrogen) atoms. The fourth-order valence-electron chi connectivity index (χ4n) is 0.884. The smallest absolute Gasteiger partial charge is 0.421 e. The van der Waals surface area contributed by atoms with E-state index in [0.717, 1.165) is 5.56 Å². The lowest BCUT2D eigenvalue weighted by Gasteiger charge is -2.15. The first kappa shape index (κ1) is 9.92. The highest BCUT2D eigenvalue weighted by Crippen LogP contribution is 2.21. The molecule has 1 aromatic carbocycles. The Balaban J connectivity index is 2.74. The maximum Gasteiger partial charge on any atom is 0.421 e. The van der Waals surface area contributed by atoms with Crippen LogP contribution in [0.15, 0.2) is 24.3 Å². The van der Waals surface area contributed by atoms with Crippen molar-refractivity contribution < 1.29 is 18.6 Å². The lowest BCUT2D eigenvalue weighted by atomic mass is 10.2. The number of aryl methyl sites for hydroxylation is 1. The fourth-order valence-corrected chi connectivity index (χ4v) is 0.884. The first-order valence-corrected chi connectivity index (χ1v) is 3.78. The van der Waals surface area contributed by atoms with Gasteiger partial charge in [0.1, 0.15) is 12.4 Å². The number of aliphatic hydroxyl groups excluding tert-OH is 1. The topological polar surface area (TPSA) is 29.5 Å². The summed E-state index contributed by atoms with van der Waals surface area (Å²) in [5.41, 5.74) is 0.825. The number of rotatable bonds is 3. The third-order valence-corrected chi connectivity index (χ3v) is 1.44. The Hall–Kier alpha value is -1.16. The van der Waals surface area contributed by atoms with Crippen LogP contribution >= 0.6 is 0 Å². The molecular formula is C9H10F2O2. The minimum atomic E-state index is -3.51. The first-order valence-electron chi connectivity index (χ1n) is 3.78. The van der Waals surface area contributed by atoms with Crippen LogP contribution in [0.2, 0.25) is 0 Å². The van der Waals surface area contributed by atoms with Gasteiger partial charge >= 0.3 is 6.11 Å². The van der Waals surface area contributed by atoms with Crippen molar-refractivity contribution in [1.29, 1.82) is 0 Å². The lowest BCUT2D eigenvalue weighted by molar-refractivity contribution is -0.200. The summed E-state index contributed by atoms with van der Waals surface area (Å²) in [5, 5.41) is 8.25. The zero-order valence-corrected chi connectivity index (χ0v) is 7.13. The Kier molecular flexibility index (Phi) is 2.83. The van der Waals surface area contributed by atoms with E-state index in [1.807, 2.05) is 0 Å². The van der Waals surface area contributed by atoms with Crippen molar-refractivity contribution in [1.82, 2.24) is 0 Å². The lowest BCUT2D eigenvalue weighted by Crippen LogP contribution is -2.29. The summed E-state index contributed by atoms with van der Waals surface area (Å²) in [6.07, 6.45) is -3.51. The number of aliphatic hydroxyl groups is 1. The third-order valence-electron chi connectivity index (χ3n) is 1.44. The average molecular weight is 188 g/mol. The van der Waals surface area contributed by atoms with Crippen LogP contribution in [0.1, 0.15) is 5.56 Å². The standard InChI is InChI=1S/C9H10F2O2/c1-7-3-2-4-8(5-7)13-9(10,11)6-12/h2-5,12H,6H2,1H3. The van der Waals surface area contributed by atoms with E-state index in [1.165, 1.54) is 12.1 Å². The molecule has 0 radical (unpaired) electrons. The molecule has 0 aromatic heterocycles. The number of hydrogen-bond acceptors (Lipinski definition) is 2. The van der Waals surface area contributed by atoms with Crippen molar-refractivity contribution in [2.75, 3.05) is 6.61 Å². The fraction of sp³-hybridized carbons (Fsp3) is 0.333. The summed E-state index contributed by atoms with van der Waals surface area (Å²) in [4.78, 5) is 0. The van der Waals surface area contributed by atoms with Gasteiger partial charge in [-0.25, -0.2) is 0 Å². The molecule has 0 bridgehead atoms. The highest BCUT2D eigenvalue weighted by atomic mass is 19.3. The predicted molar refractivity (Wildman–Crippen MR) is 43.8 cm³/mol. The molecule has 2 nitrogen and oxygen atoms in total. The Morgan fingerprint density at radius 3 is 2.69 bits per heavy atom. The van der Waals surface area contributed by atoms with E-state index in [-0.39, 0.29) is 5.75 Å². The Labute approximate surface area is 74.8 Å². The normalized spacial score (nSPS) is 11.4. The van der Waals surface area contributed by atoms with Crippen LogP contribution in [0.25, 0.3) is 0 Å². The van der Waals surface area contributed by atoms with Gasteiger partial charge in [0.15, 0.2) is 0 Å². The van der Waals surface area contributed by atoms with E-state index in [0.29, 0.717) is 0 Å². The molecule has 0 aliphatic rings. The highest BCUT2D eigenvalue weighted by Gasteiger charge is 2.30. The minimum absolute atomic E-state index is 0.0547. The Morgan fingerprint density at radius 2 is 2.15 bits per heavy atom. The maximum atomic E-state index is 12.5. The van der Waals surface area contributed by atoms with Crippen LogP contribution in [0, 0.1) is 6.92 Å². The molecule has 0 saturated carbocycles. The van der Waals surface area contributed by atoms with Crippen LogP contribution in [-0.4, -0.2) is 17.8 Å². The zero-order chi connectivity index (χ0) is 9.90. The van der Waals surface area contributed by atoms with Crippen molar-refractivity contribution >= 4 is 0 Å². The molecule has 0 saturated heterocycles. The second kappa shape index (κ2) is 3.70. The monoisotopic (exact) mass is 188 g/mol. The molecule has 0 fully saturated rings. The summed E-state index contributed by atoms with van der Waals surface area (Å²) in [6, 6.07) is 6.27. The molecule has 0 aliphatic heterocycles. The van der Waals surface area contributed by atoms with Gasteiger partial charge in [0.25, 0.3) is 0 Å². The van der Waals surface area contributed by atoms with Gasteiger partial charge in [0.2, 0.25) is 0 Å². The number of benzene rings is 1. The molecule has 1 N–H and O–H groups in total. The molecule has 72 valence electrons. The van der Waals surface area contributed by atoms with E-state index in [4.69, 9.17) is 5.11 Å². The van der Waals surface area contributed by atoms with Gasteiger partial charge in [0.05, 0.1) is 0 Å². The van der Waals surface area contributed by atoms with Crippen molar-refractivity contribution in [3.63, 3.8) is 0 Å². The molecule has 0 atom stereocenters. The third kappa shape index (κ3) is 2.99. The largest absolute Gasteiger partial charge is 0.431 e. The van der Waals surface area contributed by atoms with Crippen LogP contribution in [0.3, 0.4) is 0 Å². The van der Waals surface area contributed by atoms with Crippen molar-refractivity contribution in [2.45, 2.75) is 13.0 Å². The number of alkyl halides is 2. The van der Waals surface area contributed by atoms with E-state index in [1.54, 1.807) is 19.1 Å². The quantitative estimate of drug-likeness (QED) is 0.785. The van der Waals surface area contributed by atoms with Gasteiger partial charge in [-0.3, -0.25) is 0 Å². The number of ether oxygens (including phenoxy) is 1. The van der Waals surface area contributed by atoms with Gasteiger partial charge in [0, 0.05) is 0 Å². The molecule has 1 aromatic rings. The van der Waals surface area contributed by atoms with Gasteiger partial charge < -0.3 is 9.84 Å². The van der Waals surface area contributed by atoms with E-state index < -0.39 is 12.7 Å². The van der Waals surface area contributed by atoms with E-state index >= 15 is 0 Å². The highest BCUT2D eigenvalue weighted by molar-refractivity contribution is 5.27. The van der Waals surface area contributed by atoms with Gasteiger partial charge in [-0.1, -0.05) is 12.1 Å². The average Bonchev–Trinajstić information content (AvgIpc) is 2.03. The van der Waals surface area contributed by atoms with Gasteiger partial charge in [-0.05, 0) is 24.6 Å². The molecule has 4 heteroatoms. The van der Waals surface area contributed by atoms with Crippen LogP contribution < -0.4 is 4.74 Å².